The molecule has 2 aliphatic heterocycles. The van der Waals surface area contributed by atoms with Crippen LogP contribution in [0.3, 0.4) is 0 Å². The average Bonchev–Trinajstić information content (AvgIpc) is 2.76. The van der Waals surface area contributed by atoms with Gasteiger partial charge in [0.15, 0.2) is 0 Å². The smallest absolute Gasteiger partial charge is 0.236 e. The van der Waals surface area contributed by atoms with Crippen LogP contribution in [0.4, 0.5) is 0 Å². The third-order valence-electron chi connectivity index (χ3n) is 3.37. The molecule has 0 aromatic rings. The van der Waals surface area contributed by atoms with Crippen molar-refractivity contribution in [2.45, 2.75) is 43.7 Å². The number of carbonyl (C=O) groups excluding carboxylic acids is 1. The van der Waals surface area contributed by atoms with E-state index in [-0.39, 0.29) is 10.7 Å². The number of hydrogen-bond donors (Lipinski definition) is 0. The summed E-state index contributed by atoms with van der Waals surface area (Å²) in [5, 5.41) is 0. The van der Waals surface area contributed by atoms with Crippen LogP contribution in [0.25, 0.3) is 0 Å². The number of ether oxygens (including phenoxy) is 1. The van der Waals surface area contributed by atoms with Crippen molar-refractivity contribution in [3.8, 4) is 0 Å². The van der Waals surface area contributed by atoms with E-state index in [2.05, 4.69) is 29.8 Å². The maximum Gasteiger partial charge on any atom is 0.236 e. The number of alkyl halides is 1. The van der Waals surface area contributed by atoms with Gasteiger partial charge in [-0.3, -0.25) is 4.79 Å². The summed E-state index contributed by atoms with van der Waals surface area (Å²) < 4.78 is 5.71. The van der Waals surface area contributed by atoms with Gasteiger partial charge in [0, 0.05) is 6.54 Å². The molecule has 2 rings (SSSR count). The third-order valence-corrected chi connectivity index (χ3v) is 4.22. The van der Waals surface area contributed by atoms with Gasteiger partial charge in [0.05, 0.1) is 23.6 Å². The van der Waals surface area contributed by atoms with Crippen molar-refractivity contribution in [3.05, 3.63) is 0 Å². The van der Waals surface area contributed by atoms with E-state index in [0.29, 0.717) is 24.7 Å². The molecule has 0 spiro atoms. The molecular weight excluding hydrogens is 258 g/mol. The van der Waals surface area contributed by atoms with Crippen molar-refractivity contribution < 1.29 is 9.53 Å². The van der Waals surface area contributed by atoms with Crippen molar-refractivity contribution in [1.82, 2.24) is 4.90 Å². The van der Waals surface area contributed by atoms with Crippen LogP contribution in [0.1, 0.15) is 26.7 Å². The molecule has 2 fully saturated rings. The van der Waals surface area contributed by atoms with Gasteiger partial charge in [-0.15, -0.1) is 0 Å². The Bertz CT molecular complexity index is 257. The van der Waals surface area contributed by atoms with E-state index in [0.717, 1.165) is 19.4 Å². The Morgan fingerprint density at radius 1 is 1.53 bits per heavy atom. The summed E-state index contributed by atoms with van der Waals surface area (Å²) in [6, 6.07) is 0.312. The van der Waals surface area contributed by atoms with Crippen molar-refractivity contribution in [2.75, 3.05) is 13.2 Å². The Labute approximate surface area is 99.3 Å². The van der Waals surface area contributed by atoms with Crippen LogP contribution in [0.2, 0.25) is 0 Å². The first-order valence-corrected chi connectivity index (χ1v) is 6.57. The fourth-order valence-corrected chi connectivity index (χ4v) is 2.82. The van der Waals surface area contributed by atoms with Crippen molar-refractivity contribution in [1.29, 1.82) is 0 Å². The van der Waals surface area contributed by atoms with Crippen LogP contribution in [-0.4, -0.2) is 40.9 Å². The Hall–Kier alpha value is -0.0900. The van der Waals surface area contributed by atoms with E-state index in [1.807, 2.05) is 4.90 Å². The second kappa shape index (κ2) is 4.42. The highest BCUT2D eigenvalue weighted by Crippen LogP contribution is 2.28. The molecule has 0 N–H and O–H groups in total. The Kier molecular flexibility index (Phi) is 3.36. The van der Waals surface area contributed by atoms with E-state index in [9.17, 15) is 4.79 Å². The summed E-state index contributed by atoms with van der Waals surface area (Å²) in [5.74, 6) is 0.792. The van der Waals surface area contributed by atoms with E-state index < -0.39 is 0 Å². The Balaban J connectivity index is 1.94. The number of amides is 1. The second-order valence-corrected chi connectivity index (χ2v) is 5.90. The molecule has 1 amide bonds. The molecule has 2 heterocycles. The van der Waals surface area contributed by atoms with Crippen LogP contribution in [-0.2, 0) is 9.53 Å². The molecule has 0 aliphatic carbocycles. The minimum atomic E-state index is 0.0376. The first-order chi connectivity index (χ1) is 7.09. The van der Waals surface area contributed by atoms with E-state index in [1.165, 1.54) is 0 Å². The van der Waals surface area contributed by atoms with Gasteiger partial charge in [-0.25, -0.2) is 0 Å². The number of likely N-dealkylation sites (tertiary alicyclic amines) is 1. The first kappa shape index (κ1) is 11.4. The fourth-order valence-electron chi connectivity index (χ4n) is 2.35. The third kappa shape index (κ3) is 2.21. The molecule has 3 nitrogen and oxygen atoms in total. The lowest BCUT2D eigenvalue weighted by molar-refractivity contribution is -0.129. The number of nitrogens with zero attached hydrogens (tertiary/aromatic N) is 1. The fraction of sp³-hybridized carbons (Fsp3) is 0.909. The highest BCUT2D eigenvalue weighted by atomic mass is 79.9. The molecule has 0 aromatic heterocycles. The van der Waals surface area contributed by atoms with Crippen LogP contribution < -0.4 is 0 Å². The molecule has 3 atom stereocenters. The summed E-state index contributed by atoms with van der Waals surface area (Å²) >= 11 is 3.40. The summed E-state index contributed by atoms with van der Waals surface area (Å²) in [6.07, 6.45) is 2.27. The van der Waals surface area contributed by atoms with Crippen LogP contribution in [0, 0.1) is 5.92 Å². The van der Waals surface area contributed by atoms with Gasteiger partial charge in [-0.1, -0.05) is 29.8 Å². The summed E-state index contributed by atoms with van der Waals surface area (Å²) in [7, 11) is 0. The summed E-state index contributed by atoms with van der Waals surface area (Å²) in [6.45, 7) is 5.94. The van der Waals surface area contributed by atoms with Crippen LogP contribution in [0.5, 0.6) is 0 Å². The van der Waals surface area contributed by atoms with Crippen LogP contribution >= 0.6 is 15.9 Å². The lowest BCUT2D eigenvalue weighted by Gasteiger charge is -2.22. The van der Waals surface area contributed by atoms with Crippen molar-refractivity contribution >= 4 is 21.8 Å². The zero-order valence-electron chi connectivity index (χ0n) is 9.28. The van der Waals surface area contributed by atoms with E-state index >= 15 is 0 Å². The first-order valence-electron chi connectivity index (χ1n) is 5.65. The number of halogens is 1. The maximum atomic E-state index is 11.8. The van der Waals surface area contributed by atoms with Gasteiger partial charge < -0.3 is 9.64 Å². The minimum Gasteiger partial charge on any atom is -0.376 e. The van der Waals surface area contributed by atoms with Gasteiger partial charge >= 0.3 is 0 Å². The lowest BCUT2D eigenvalue weighted by Crippen LogP contribution is -2.38. The predicted molar refractivity (Wildman–Crippen MR) is 62.0 cm³/mol. The molecule has 15 heavy (non-hydrogen) atoms. The topological polar surface area (TPSA) is 29.5 Å². The SMILES string of the molecule is CC(C)C1CC(N2CCC(Br)C2=O)CO1. The summed E-state index contributed by atoms with van der Waals surface area (Å²) in [4.78, 5) is 13.8. The molecule has 0 radical (unpaired) electrons. The maximum absolute atomic E-state index is 11.8. The second-order valence-electron chi connectivity index (χ2n) is 4.79. The molecule has 0 bridgehead atoms. The van der Waals surface area contributed by atoms with Crippen molar-refractivity contribution in [3.63, 3.8) is 0 Å². The van der Waals surface area contributed by atoms with Gasteiger partial charge in [-0.2, -0.15) is 0 Å². The zero-order chi connectivity index (χ0) is 11.0. The number of hydrogen-bond acceptors (Lipinski definition) is 2. The van der Waals surface area contributed by atoms with Gasteiger partial charge in [0.1, 0.15) is 0 Å². The largest absolute Gasteiger partial charge is 0.376 e. The standard InChI is InChI=1S/C11H18BrNO2/c1-7(2)10-5-8(6-15-10)13-4-3-9(12)11(13)14/h7-10H,3-6H2,1-2H3. The van der Waals surface area contributed by atoms with Crippen molar-refractivity contribution in [2.24, 2.45) is 5.92 Å². The molecule has 0 saturated carbocycles. The number of carbonyl (C=O) groups is 1. The van der Waals surface area contributed by atoms with Crippen LogP contribution in [0.15, 0.2) is 0 Å². The molecule has 0 aromatic carbocycles. The molecule has 3 unspecified atom stereocenters. The van der Waals surface area contributed by atoms with E-state index in [4.69, 9.17) is 4.74 Å². The van der Waals surface area contributed by atoms with E-state index in [1.54, 1.807) is 0 Å². The lowest BCUT2D eigenvalue weighted by atomic mass is 10.0. The summed E-state index contributed by atoms with van der Waals surface area (Å²) in [5.41, 5.74) is 0. The minimum absolute atomic E-state index is 0.0376. The Morgan fingerprint density at radius 3 is 2.73 bits per heavy atom. The molecule has 2 aliphatic rings. The van der Waals surface area contributed by atoms with Gasteiger partial charge in [-0.05, 0) is 18.8 Å². The quantitative estimate of drug-likeness (QED) is 0.720. The number of rotatable bonds is 2. The highest BCUT2D eigenvalue weighted by Gasteiger charge is 2.39. The average molecular weight is 276 g/mol. The zero-order valence-corrected chi connectivity index (χ0v) is 10.9. The molecule has 86 valence electrons. The molecule has 2 saturated heterocycles. The molecule has 4 heteroatoms. The molecular formula is C11H18BrNO2. The van der Waals surface area contributed by atoms with Gasteiger partial charge in [0.25, 0.3) is 0 Å². The van der Waals surface area contributed by atoms with Gasteiger partial charge in [0.2, 0.25) is 5.91 Å². The highest BCUT2D eigenvalue weighted by molar-refractivity contribution is 9.10. The Morgan fingerprint density at radius 2 is 2.27 bits per heavy atom. The normalized spacial score (nSPS) is 36.9. The monoisotopic (exact) mass is 275 g/mol. The predicted octanol–water partition coefficient (Wildman–Crippen LogP) is 1.80.